The lowest BCUT2D eigenvalue weighted by Crippen LogP contribution is -2.44. The summed E-state index contributed by atoms with van der Waals surface area (Å²) in [5.41, 5.74) is -0.303. The molecule has 1 aliphatic heterocycles. The van der Waals surface area contributed by atoms with E-state index in [1.165, 1.54) is 23.1 Å². The summed E-state index contributed by atoms with van der Waals surface area (Å²) < 4.78 is 9.97. The van der Waals surface area contributed by atoms with E-state index < -0.39 is 23.5 Å². The summed E-state index contributed by atoms with van der Waals surface area (Å²) in [4.78, 5) is 62.8. The molecule has 1 aliphatic carbocycles. The average molecular weight is 459 g/mol. The molecular formula is C23H29N3O7. The number of amides is 4. The van der Waals surface area contributed by atoms with Crippen LogP contribution in [-0.2, 0) is 19.1 Å². The van der Waals surface area contributed by atoms with Crippen LogP contribution in [0.1, 0.15) is 73.1 Å². The molecule has 10 nitrogen and oxygen atoms in total. The second-order valence-electron chi connectivity index (χ2n) is 8.07. The summed E-state index contributed by atoms with van der Waals surface area (Å²) >= 11 is 0. The number of nitrogens with zero attached hydrogens (tertiary/aromatic N) is 1. The Hall–Kier alpha value is -3.43. The summed E-state index contributed by atoms with van der Waals surface area (Å²) in [5, 5.41) is 5.47. The van der Waals surface area contributed by atoms with E-state index in [0.717, 1.165) is 12.8 Å². The highest BCUT2D eigenvalue weighted by atomic mass is 16.5. The monoisotopic (exact) mass is 459 g/mol. The van der Waals surface area contributed by atoms with E-state index in [0.29, 0.717) is 12.8 Å². The number of benzene rings is 1. The van der Waals surface area contributed by atoms with Gasteiger partial charge in [0.1, 0.15) is 5.54 Å². The Kier molecular flexibility index (Phi) is 7.67. The molecule has 33 heavy (non-hydrogen) atoms. The van der Waals surface area contributed by atoms with Gasteiger partial charge in [-0.3, -0.25) is 14.5 Å². The zero-order chi connectivity index (χ0) is 24.0. The molecule has 1 aromatic carbocycles. The molecule has 0 bridgehead atoms. The number of hydrogen-bond donors (Lipinski definition) is 2. The SMILES string of the molecule is CCOC(=O)c1cc(NC(=O)CCCN2C(=O)NC3(CCCC3)C2=O)cc(C(=O)OCC)c1. The standard InChI is InChI=1S/C23H29N3O7/c1-3-32-19(28)15-12-16(20(29)33-4-2)14-17(13-15)24-18(27)8-7-11-26-21(30)23(25-22(26)31)9-5-6-10-23/h12-14H,3-11H2,1-2H3,(H,24,27)(H,25,31). The minimum absolute atomic E-state index is 0.0441. The molecule has 4 amide bonds. The predicted molar refractivity (Wildman–Crippen MR) is 118 cm³/mol. The van der Waals surface area contributed by atoms with Gasteiger partial charge in [0.25, 0.3) is 5.91 Å². The zero-order valence-electron chi connectivity index (χ0n) is 18.9. The van der Waals surface area contributed by atoms with Crippen molar-refractivity contribution in [2.45, 2.75) is 57.9 Å². The Morgan fingerprint density at radius 1 is 1.00 bits per heavy atom. The molecule has 0 aromatic heterocycles. The van der Waals surface area contributed by atoms with Crippen LogP contribution >= 0.6 is 0 Å². The van der Waals surface area contributed by atoms with Gasteiger partial charge in [-0.15, -0.1) is 0 Å². The Bertz CT molecular complexity index is 917. The smallest absolute Gasteiger partial charge is 0.338 e. The number of carbonyl (C=O) groups is 5. The second-order valence-corrected chi connectivity index (χ2v) is 8.07. The molecule has 2 fully saturated rings. The fraction of sp³-hybridized carbons (Fsp3) is 0.522. The highest BCUT2D eigenvalue weighted by Crippen LogP contribution is 2.35. The average Bonchev–Trinajstić information content (AvgIpc) is 3.34. The van der Waals surface area contributed by atoms with Crippen molar-refractivity contribution >= 4 is 35.5 Å². The van der Waals surface area contributed by atoms with Gasteiger partial charge in [-0.05, 0) is 51.3 Å². The van der Waals surface area contributed by atoms with Crippen LogP contribution in [0.15, 0.2) is 18.2 Å². The highest BCUT2D eigenvalue weighted by molar-refractivity contribution is 6.07. The van der Waals surface area contributed by atoms with Gasteiger partial charge >= 0.3 is 18.0 Å². The van der Waals surface area contributed by atoms with Crippen molar-refractivity contribution in [3.63, 3.8) is 0 Å². The van der Waals surface area contributed by atoms with Crippen molar-refractivity contribution in [2.24, 2.45) is 0 Å². The van der Waals surface area contributed by atoms with Gasteiger partial charge in [0.15, 0.2) is 0 Å². The molecule has 1 spiro atoms. The molecule has 0 radical (unpaired) electrons. The number of urea groups is 1. The lowest BCUT2D eigenvalue weighted by Gasteiger charge is -2.19. The number of hydrogen-bond acceptors (Lipinski definition) is 7. The number of anilines is 1. The Morgan fingerprint density at radius 2 is 1.58 bits per heavy atom. The third-order valence-electron chi connectivity index (χ3n) is 5.73. The summed E-state index contributed by atoms with van der Waals surface area (Å²) in [6, 6.07) is 3.77. The van der Waals surface area contributed by atoms with Gasteiger partial charge < -0.3 is 20.1 Å². The lowest BCUT2D eigenvalue weighted by molar-refractivity contribution is -0.131. The maximum absolute atomic E-state index is 12.7. The van der Waals surface area contributed by atoms with Crippen LogP contribution < -0.4 is 10.6 Å². The minimum atomic E-state index is -0.767. The quantitative estimate of drug-likeness (QED) is 0.429. The number of rotatable bonds is 9. The molecule has 1 saturated carbocycles. The Labute approximate surface area is 192 Å². The Balaban J connectivity index is 1.61. The first-order chi connectivity index (χ1) is 15.8. The minimum Gasteiger partial charge on any atom is -0.462 e. The molecular weight excluding hydrogens is 430 g/mol. The molecule has 1 aromatic rings. The van der Waals surface area contributed by atoms with Gasteiger partial charge in [0.05, 0.1) is 24.3 Å². The van der Waals surface area contributed by atoms with Gasteiger partial charge in [-0.2, -0.15) is 0 Å². The van der Waals surface area contributed by atoms with E-state index in [-0.39, 0.29) is 61.2 Å². The maximum Gasteiger partial charge on any atom is 0.338 e. The number of esters is 2. The summed E-state index contributed by atoms with van der Waals surface area (Å²) in [7, 11) is 0. The van der Waals surface area contributed by atoms with E-state index >= 15 is 0 Å². The molecule has 1 heterocycles. The van der Waals surface area contributed by atoms with Crippen molar-refractivity contribution in [1.29, 1.82) is 0 Å². The van der Waals surface area contributed by atoms with Crippen LogP contribution in [0.2, 0.25) is 0 Å². The van der Waals surface area contributed by atoms with Crippen molar-refractivity contribution in [3.8, 4) is 0 Å². The van der Waals surface area contributed by atoms with Gasteiger partial charge in [0, 0.05) is 18.7 Å². The van der Waals surface area contributed by atoms with Crippen molar-refractivity contribution < 1.29 is 33.4 Å². The van der Waals surface area contributed by atoms with Crippen LogP contribution in [-0.4, -0.2) is 60.0 Å². The zero-order valence-corrected chi connectivity index (χ0v) is 18.9. The fourth-order valence-electron chi connectivity index (χ4n) is 4.18. The van der Waals surface area contributed by atoms with Crippen LogP contribution in [0, 0.1) is 0 Å². The molecule has 10 heteroatoms. The normalized spacial score (nSPS) is 16.6. The number of ether oxygens (including phenoxy) is 2. The van der Waals surface area contributed by atoms with E-state index in [9.17, 15) is 24.0 Å². The lowest BCUT2D eigenvalue weighted by atomic mass is 9.98. The summed E-state index contributed by atoms with van der Waals surface area (Å²) in [6.45, 7) is 3.78. The molecule has 0 unspecified atom stereocenters. The van der Waals surface area contributed by atoms with Crippen molar-refractivity contribution in [3.05, 3.63) is 29.3 Å². The summed E-state index contributed by atoms with van der Waals surface area (Å²) in [5.74, 6) is -1.85. The highest BCUT2D eigenvalue weighted by Gasteiger charge is 2.52. The first-order valence-corrected chi connectivity index (χ1v) is 11.2. The van der Waals surface area contributed by atoms with E-state index in [1.54, 1.807) is 13.8 Å². The first-order valence-electron chi connectivity index (χ1n) is 11.2. The van der Waals surface area contributed by atoms with Crippen LogP contribution in [0.4, 0.5) is 10.5 Å². The predicted octanol–water partition coefficient (Wildman–Crippen LogP) is 2.62. The molecule has 3 rings (SSSR count). The van der Waals surface area contributed by atoms with E-state index in [1.807, 2.05) is 0 Å². The van der Waals surface area contributed by atoms with E-state index in [4.69, 9.17) is 9.47 Å². The van der Waals surface area contributed by atoms with E-state index in [2.05, 4.69) is 10.6 Å². The van der Waals surface area contributed by atoms with Crippen molar-refractivity contribution in [1.82, 2.24) is 10.2 Å². The number of nitrogens with one attached hydrogen (secondary N) is 2. The molecule has 1 saturated heterocycles. The van der Waals surface area contributed by atoms with Gasteiger partial charge in [-0.25, -0.2) is 14.4 Å². The van der Waals surface area contributed by atoms with Gasteiger partial charge in [-0.1, -0.05) is 12.8 Å². The van der Waals surface area contributed by atoms with Crippen LogP contribution in [0.25, 0.3) is 0 Å². The number of carbonyl (C=O) groups excluding carboxylic acids is 5. The maximum atomic E-state index is 12.7. The first kappa shape index (κ1) is 24.2. The third kappa shape index (κ3) is 5.50. The number of imide groups is 1. The second kappa shape index (κ2) is 10.5. The van der Waals surface area contributed by atoms with Crippen LogP contribution in [0.3, 0.4) is 0 Å². The Morgan fingerprint density at radius 3 is 2.12 bits per heavy atom. The molecule has 178 valence electrons. The van der Waals surface area contributed by atoms with Crippen molar-refractivity contribution in [2.75, 3.05) is 25.1 Å². The van der Waals surface area contributed by atoms with Gasteiger partial charge in [0.2, 0.25) is 5.91 Å². The topological polar surface area (TPSA) is 131 Å². The third-order valence-corrected chi connectivity index (χ3v) is 5.73. The molecule has 2 N–H and O–H groups in total. The van der Waals surface area contributed by atoms with Crippen LogP contribution in [0.5, 0.6) is 0 Å². The largest absolute Gasteiger partial charge is 0.462 e. The molecule has 2 aliphatic rings. The summed E-state index contributed by atoms with van der Waals surface area (Å²) in [6.07, 6.45) is 3.43. The fourth-order valence-corrected chi connectivity index (χ4v) is 4.18. The molecule has 0 atom stereocenters.